The van der Waals surface area contributed by atoms with Crippen molar-refractivity contribution in [1.29, 1.82) is 0 Å². The molecule has 0 bridgehead atoms. The Kier molecular flexibility index (Phi) is 2.07. The number of hydrogen-bond acceptors (Lipinski definition) is 2. The van der Waals surface area contributed by atoms with E-state index in [0.717, 1.165) is 0 Å². The molecule has 1 aliphatic rings. The predicted octanol–water partition coefficient (Wildman–Crippen LogP) is 3.06. The first-order valence-corrected chi connectivity index (χ1v) is 5.89. The number of benzene rings is 1. The maximum absolute atomic E-state index is 5.92. The summed E-state index contributed by atoms with van der Waals surface area (Å²) in [5, 5.41) is 0. The lowest BCUT2D eigenvalue weighted by molar-refractivity contribution is 0.264. The second-order valence-electron chi connectivity index (χ2n) is 6.19. The van der Waals surface area contributed by atoms with Gasteiger partial charge in [-0.05, 0) is 40.0 Å². The predicted molar refractivity (Wildman–Crippen MR) is 70.5 cm³/mol. The first-order valence-electron chi connectivity index (χ1n) is 5.89. The minimum atomic E-state index is 0.167. The zero-order chi connectivity index (χ0) is 12.3. The summed E-state index contributed by atoms with van der Waals surface area (Å²) in [6, 6.07) is 4.13. The number of hydrogen-bond donors (Lipinski definition) is 2. The first-order chi connectivity index (χ1) is 7.19. The standard InChI is InChI=1S/C14H22N2/c1-8-13(2,3)9-6-11(15)12(16)7-10(9)14(8,4)5/h6-8H,15-16H2,1-5H3. The largest absolute Gasteiger partial charge is 0.397 e. The van der Waals surface area contributed by atoms with Crippen molar-refractivity contribution in [3.63, 3.8) is 0 Å². The second-order valence-corrected chi connectivity index (χ2v) is 6.19. The van der Waals surface area contributed by atoms with Crippen LogP contribution in [-0.4, -0.2) is 0 Å². The third-order valence-electron chi connectivity index (χ3n) is 4.78. The van der Waals surface area contributed by atoms with Gasteiger partial charge in [0, 0.05) is 0 Å². The van der Waals surface area contributed by atoms with E-state index in [2.05, 4.69) is 46.8 Å². The summed E-state index contributed by atoms with van der Waals surface area (Å²) in [6.07, 6.45) is 0. The van der Waals surface area contributed by atoms with E-state index in [4.69, 9.17) is 11.5 Å². The van der Waals surface area contributed by atoms with Gasteiger partial charge >= 0.3 is 0 Å². The van der Waals surface area contributed by atoms with E-state index in [1.807, 2.05) is 0 Å². The number of nitrogen functional groups attached to an aromatic ring is 2. The molecule has 4 N–H and O–H groups in total. The molecule has 2 nitrogen and oxygen atoms in total. The summed E-state index contributed by atoms with van der Waals surface area (Å²) in [6.45, 7) is 11.5. The first kappa shape index (κ1) is 11.3. The molecule has 16 heavy (non-hydrogen) atoms. The monoisotopic (exact) mass is 218 g/mol. The number of fused-ring (bicyclic) bond motifs is 1. The highest BCUT2D eigenvalue weighted by Crippen LogP contribution is 2.54. The van der Waals surface area contributed by atoms with E-state index in [9.17, 15) is 0 Å². The molecule has 0 heterocycles. The van der Waals surface area contributed by atoms with Crippen molar-refractivity contribution in [3.8, 4) is 0 Å². The van der Waals surface area contributed by atoms with Gasteiger partial charge in [0.1, 0.15) is 0 Å². The normalized spacial score (nSPS) is 22.1. The average Bonchev–Trinajstić information content (AvgIpc) is 2.29. The lowest BCUT2D eigenvalue weighted by Crippen LogP contribution is -2.30. The number of anilines is 2. The lowest BCUT2D eigenvalue weighted by atomic mass is 9.71. The van der Waals surface area contributed by atoms with Gasteiger partial charge in [0.05, 0.1) is 11.4 Å². The molecule has 1 aliphatic carbocycles. The fraction of sp³-hybridized carbons (Fsp3) is 0.571. The minimum Gasteiger partial charge on any atom is -0.397 e. The topological polar surface area (TPSA) is 52.0 Å². The van der Waals surface area contributed by atoms with Crippen LogP contribution in [0.2, 0.25) is 0 Å². The van der Waals surface area contributed by atoms with Crippen molar-refractivity contribution in [2.24, 2.45) is 5.92 Å². The van der Waals surface area contributed by atoms with Crippen LogP contribution in [0.25, 0.3) is 0 Å². The van der Waals surface area contributed by atoms with E-state index in [1.54, 1.807) is 0 Å². The van der Waals surface area contributed by atoms with Gasteiger partial charge in [-0.15, -0.1) is 0 Å². The molecule has 88 valence electrons. The van der Waals surface area contributed by atoms with E-state index >= 15 is 0 Å². The van der Waals surface area contributed by atoms with E-state index in [0.29, 0.717) is 17.3 Å². The van der Waals surface area contributed by atoms with Crippen molar-refractivity contribution >= 4 is 11.4 Å². The molecule has 0 saturated carbocycles. The van der Waals surface area contributed by atoms with Gasteiger partial charge in [0.25, 0.3) is 0 Å². The van der Waals surface area contributed by atoms with Crippen LogP contribution in [0.1, 0.15) is 45.7 Å². The summed E-state index contributed by atoms with van der Waals surface area (Å²) >= 11 is 0. The highest BCUT2D eigenvalue weighted by Gasteiger charge is 2.48. The fourth-order valence-electron chi connectivity index (χ4n) is 3.07. The molecule has 0 spiro atoms. The molecule has 0 fully saturated rings. The Labute approximate surface area is 98.0 Å². The Bertz CT molecular complexity index is 403. The van der Waals surface area contributed by atoms with E-state index < -0.39 is 0 Å². The zero-order valence-corrected chi connectivity index (χ0v) is 10.9. The lowest BCUT2D eigenvalue weighted by Gasteiger charge is -2.32. The van der Waals surface area contributed by atoms with Crippen LogP contribution in [0.15, 0.2) is 12.1 Å². The van der Waals surface area contributed by atoms with Gasteiger partial charge in [-0.25, -0.2) is 0 Å². The highest BCUT2D eigenvalue weighted by atomic mass is 14.7. The molecule has 1 aromatic carbocycles. The third-order valence-corrected chi connectivity index (χ3v) is 4.78. The quantitative estimate of drug-likeness (QED) is 0.658. The Hall–Kier alpha value is -1.18. The molecule has 2 rings (SSSR count). The van der Waals surface area contributed by atoms with Gasteiger partial charge in [-0.1, -0.05) is 34.6 Å². The van der Waals surface area contributed by atoms with Gasteiger partial charge in [-0.3, -0.25) is 0 Å². The smallest absolute Gasteiger partial charge is 0.0550 e. The van der Waals surface area contributed by atoms with Gasteiger partial charge in [-0.2, -0.15) is 0 Å². The Morgan fingerprint density at radius 2 is 1.19 bits per heavy atom. The van der Waals surface area contributed by atoms with Crippen LogP contribution in [0, 0.1) is 5.92 Å². The summed E-state index contributed by atoms with van der Waals surface area (Å²) in [4.78, 5) is 0. The molecule has 0 radical (unpaired) electrons. The second kappa shape index (κ2) is 2.93. The minimum absolute atomic E-state index is 0.167. The molecule has 2 heteroatoms. The van der Waals surface area contributed by atoms with Crippen LogP contribution in [0.5, 0.6) is 0 Å². The SMILES string of the molecule is CC1C(C)(C)c2cc(N)c(N)cc2C1(C)C. The Morgan fingerprint density at radius 3 is 1.50 bits per heavy atom. The number of rotatable bonds is 0. The van der Waals surface area contributed by atoms with Crippen molar-refractivity contribution in [2.75, 3.05) is 11.5 Å². The van der Waals surface area contributed by atoms with Gasteiger partial charge in [0.15, 0.2) is 0 Å². The molecule has 1 aromatic rings. The summed E-state index contributed by atoms with van der Waals surface area (Å²) in [5.74, 6) is 0.580. The van der Waals surface area contributed by atoms with Crippen molar-refractivity contribution in [1.82, 2.24) is 0 Å². The molecule has 0 aromatic heterocycles. The molecular formula is C14H22N2. The van der Waals surface area contributed by atoms with Gasteiger partial charge in [0.2, 0.25) is 0 Å². The van der Waals surface area contributed by atoms with Crippen molar-refractivity contribution in [2.45, 2.75) is 45.4 Å². The summed E-state index contributed by atoms with van der Waals surface area (Å²) in [7, 11) is 0. The van der Waals surface area contributed by atoms with Crippen LogP contribution in [0.4, 0.5) is 11.4 Å². The van der Waals surface area contributed by atoms with Gasteiger partial charge < -0.3 is 11.5 Å². The Morgan fingerprint density at radius 1 is 0.875 bits per heavy atom. The number of nitrogens with two attached hydrogens (primary N) is 2. The molecule has 0 aliphatic heterocycles. The molecule has 0 unspecified atom stereocenters. The maximum Gasteiger partial charge on any atom is 0.0550 e. The third kappa shape index (κ3) is 1.19. The zero-order valence-electron chi connectivity index (χ0n) is 10.9. The van der Waals surface area contributed by atoms with Crippen molar-refractivity contribution in [3.05, 3.63) is 23.3 Å². The van der Waals surface area contributed by atoms with E-state index in [1.165, 1.54) is 11.1 Å². The van der Waals surface area contributed by atoms with Crippen LogP contribution >= 0.6 is 0 Å². The summed E-state index contributed by atoms with van der Waals surface area (Å²) < 4.78 is 0. The average molecular weight is 218 g/mol. The van der Waals surface area contributed by atoms with Crippen molar-refractivity contribution < 1.29 is 0 Å². The van der Waals surface area contributed by atoms with Crippen LogP contribution < -0.4 is 11.5 Å². The molecule has 0 saturated heterocycles. The van der Waals surface area contributed by atoms with Crippen LogP contribution in [0.3, 0.4) is 0 Å². The summed E-state index contributed by atoms with van der Waals surface area (Å²) in [5.41, 5.74) is 16.3. The fourth-order valence-corrected chi connectivity index (χ4v) is 3.07. The Balaban J connectivity index is 2.75. The molecular weight excluding hydrogens is 196 g/mol. The van der Waals surface area contributed by atoms with E-state index in [-0.39, 0.29) is 10.8 Å². The molecule has 0 atom stereocenters. The van der Waals surface area contributed by atoms with Crippen LogP contribution in [-0.2, 0) is 10.8 Å². The molecule has 0 amide bonds. The maximum atomic E-state index is 5.92. The highest BCUT2D eigenvalue weighted by molar-refractivity contribution is 5.69.